The number of aryl methyl sites for hydroxylation is 1. The minimum atomic E-state index is 0.883. The summed E-state index contributed by atoms with van der Waals surface area (Å²) in [4.78, 5) is 0. The topological polar surface area (TPSA) is 13.1 Å². The lowest BCUT2D eigenvalue weighted by Gasteiger charge is -2.01. The van der Waals surface area contributed by atoms with E-state index in [0.717, 1.165) is 28.7 Å². The molecule has 0 bridgehead atoms. The Balaban J connectivity index is 2.31. The van der Waals surface area contributed by atoms with Gasteiger partial charge < -0.3 is 4.42 Å². The number of benzene rings is 2. The summed E-state index contributed by atoms with van der Waals surface area (Å²) in [6.07, 6.45) is 0.883. The third kappa shape index (κ3) is 2.10. The zero-order chi connectivity index (χ0) is 13.9. The number of rotatable bonds is 2. The Morgan fingerprint density at radius 1 is 1.05 bits per heavy atom. The van der Waals surface area contributed by atoms with Crippen molar-refractivity contribution in [2.45, 2.75) is 20.3 Å². The van der Waals surface area contributed by atoms with Crippen LogP contribution in [0.1, 0.15) is 25.2 Å². The van der Waals surface area contributed by atoms with Gasteiger partial charge in [-0.3, -0.25) is 0 Å². The molecule has 2 aromatic carbocycles. The minimum absolute atomic E-state index is 0.883. The summed E-state index contributed by atoms with van der Waals surface area (Å²) in [5.41, 5.74) is 4.36. The first-order valence-electron chi connectivity index (χ1n) is 6.87. The fourth-order valence-corrected chi connectivity index (χ4v) is 2.54. The van der Waals surface area contributed by atoms with Crippen LogP contribution < -0.4 is 0 Å². The van der Waals surface area contributed by atoms with Gasteiger partial charge in [0.2, 0.25) is 0 Å². The predicted molar refractivity (Wildman–Crippen MR) is 83.6 cm³/mol. The van der Waals surface area contributed by atoms with E-state index < -0.39 is 0 Å². The van der Waals surface area contributed by atoms with E-state index >= 15 is 0 Å². The van der Waals surface area contributed by atoms with E-state index in [4.69, 9.17) is 4.42 Å². The highest BCUT2D eigenvalue weighted by molar-refractivity contribution is 5.96. The molecule has 1 aromatic heterocycles. The van der Waals surface area contributed by atoms with Gasteiger partial charge in [0.15, 0.2) is 0 Å². The molecule has 0 amide bonds. The average Bonchev–Trinajstić information content (AvgIpc) is 2.86. The largest absolute Gasteiger partial charge is 0.460 e. The summed E-state index contributed by atoms with van der Waals surface area (Å²) in [5, 5.41) is 1.15. The van der Waals surface area contributed by atoms with Gasteiger partial charge >= 0.3 is 0 Å². The summed E-state index contributed by atoms with van der Waals surface area (Å²) in [7, 11) is 0. The molecule has 98 valence electrons. The van der Waals surface area contributed by atoms with Crippen molar-refractivity contribution in [3.63, 3.8) is 0 Å². The molecule has 0 N–H and O–H groups in total. The summed E-state index contributed by atoms with van der Waals surface area (Å²) in [6, 6.07) is 16.6. The first-order valence-corrected chi connectivity index (χ1v) is 6.87. The molecule has 0 radical (unpaired) electrons. The molecular weight excluding hydrogens is 244 g/mol. The Labute approximate surface area is 119 Å². The van der Waals surface area contributed by atoms with Gasteiger partial charge in [-0.15, -0.1) is 5.92 Å². The first kappa shape index (κ1) is 12.6. The van der Waals surface area contributed by atoms with Gasteiger partial charge in [-0.2, -0.15) is 0 Å². The van der Waals surface area contributed by atoms with E-state index in [1.54, 1.807) is 0 Å². The SMILES string of the molecule is CC#Cc1ccc2oc(CC)c(-c3ccccc3)c2c1. The fraction of sp³-hybridized carbons (Fsp3) is 0.158. The van der Waals surface area contributed by atoms with E-state index in [2.05, 4.69) is 49.1 Å². The maximum absolute atomic E-state index is 5.99. The second-order valence-corrected chi connectivity index (χ2v) is 4.71. The molecule has 3 rings (SSSR count). The van der Waals surface area contributed by atoms with Crippen molar-refractivity contribution in [2.24, 2.45) is 0 Å². The summed E-state index contributed by atoms with van der Waals surface area (Å²) < 4.78 is 5.99. The van der Waals surface area contributed by atoms with Crippen molar-refractivity contribution in [1.29, 1.82) is 0 Å². The third-order valence-corrected chi connectivity index (χ3v) is 3.41. The molecule has 0 fully saturated rings. The molecule has 0 spiro atoms. The highest BCUT2D eigenvalue weighted by Crippen LogP contribution is 2.35. The zero-order valence-electron chi connectivity index (χ0n) is 11.7. The van der Waals surface area contributed by atoms with Crippen molar-refractivity contribution < 1.29 is 4.42 Å². The number of fused-ring (bicyclic) bond motifs is 1. The highest BCUT2D eigenvalue weighted by Gasteiger charge is 2.14. The maximum Gasteiger partial charge on any atom is 0.135 e. The molecule has 1 heterocycles. The van der Waals surface area contributed by atoms with E-state index in [1.807, 2.05) is 25.1 Å². The van der Waals surface area contributed by atoms with E-state index in [1.165, 1.54) is 11.1 Å². The number of furan rings is 1. The lowest BCUT2D eigenvalue weighted by atomic mass is 10.00. The molecule has 0 aliphatic rings. The van der Waals surface area contributed by atoms with Crippen molar-refractivity contribution in [3.8, 4) is 23.0 Å². The van der Waals surface area contributed by atoms with Gasteiger partial charge in [0.25, 0.3) is 0 Å². The number of hydrogen-bond acceptors (Lipinski definition) is 1. The van der Waals surface area contributed by atoms with Crippen LogP contribution in [0.25, 0.3) is 22.1 Å². The van der Waals surface area contributed by atoms with Gasteiger partial charge in [0.05, 0.1) is 0 Å². The Bertz CT molecular complexity index is 798. The maximum atomic E-state index is 5.99. The zero-order valence-corrected chi connectivity index (χ0v) is 11.7. The Kier molecular flexibility index (Phi) is 3.31. The highest BCUT2D eigenvalue weighted by atomic mass is 16.3. The fourth-order valence-electron chi connectivity index (χ4n) is 2.54. The van der Waals surface area contributed by atoms with E-state index in [-0.39, 0.29) is 0 Å². The van der Waals surface area contributed by atoms with Crippen LogP contribution >= 0.6 is 0 Å². The minimum Gasteiger partial charge on any atom is -0.460 e. The van der Waals surface area contributed by atoms with Gasteiger partial charge in [0.1, 0.15) is 11.3 Å². The smallest absolute Gasteiger partial charge is 0.135 e. The quantitative estimate of drug-likeness (QED) is 0.589. The van der Waals surface area contributed by atoms with Crippen molar-refractivity contribution in [2.75, 3.05) is 0 Å². The van der Waals surface area contributed by atoms with E-state index in [0.29, 0.717) is 0 Å². The molecule has 0 unspecified atom stereocenters. The Morgan fingerprint density at radius 3 is 2.55 bits per heavy atom. The molecule has 0 saturated heterocycles. The molecule has 0 aliphatic heterocycles. The van der Waals surface area contributed by atoms with Crippen LogP contribution in [0.15, 0.2) is 52.9 Å². The van der Waals surface area contributed by atoms with Crippen LogP contribution in [0.3, 0.4) is 0 Å². The summed E-state index contributed by atoms with van der Waals surface area (Å²) in [6.45, 7) is 3.98. The average molecular weight is 260 g/mol. The van der Waals surface area contributed by atoms with Gasteiger partial charge in [-0.1, -0.05) is 43.2 Å². The number of hydrogen-bond donors (Lipinski definition) is 0. The molecular formula is C19H16O. The first-order chi connectivity index (χ1) is 9.83. The Morgan fingerprint density at radius 2 is 1.85 bits per heavy atom. The van der Waals surface area contributed by atoms with Crippen LogP contribution in [0.4, 0.5) is 0 Å². The van der Waals surface area contributed by atoms with Gasteiger partial charge in [-0.25, -0.2) is 0 Å². The predicted octanol–water partition coefficient (Wildman–Crippen LogP) is 5.03. The Hall–Kier alpha value is -2.46. The standard InChI is InChI=1S/C19H16O/c1-3-8-14-11-12-18-16(13-14)19(17(4-2)20-18)15-9-6-5-7-10-15/h5-7,9-13H,4H2,1-2H3. The van der Waals surface area contributed by atoms with Crippen LogP contribution in [-0.4, -0.2) is 0 Å². The third-order valence-electron chi connectivity index (χ3n) is 3.41. The molecule has 20 heavy (non-hydrogen) atoms. The van der Waals surface area contributed by atoms with Gasteiger partial charge in [0, 0.05) is 22.9 Å². The van der Waals surface area contributed by atoms with Crippen LogP contribution in [0, 0.1) is 11.8 Å². The lowest BCUT2D eigenvalue weighted by Crippen LogP contribution is -1.82. The molecule has 3 aromatic rings. The lowest BCUT2D eigenvalue weighted by molar-refractivity contribution is 0.558. The van der Waals surface area contributed by atoms with Gasteiger partial charge in [-0.05, 0) is 30.7 Å². The van der Waals surface area contributed by atoms with Crippen LogP contribution in [-0.2, 0) is 6.42 Å². The molecule has 0 saturated carbocycles. The van der Waals surface area contributed by atoms with Crippen LogP contribution in [0.2, 0.25) is 0 Å². The molecule has 1 heteroatoms. The second kappa shape index (κ2) is 5.27. The monoisotopic (exact) mass is 260 g/mol. The van der Waals surface area contributed by atoms with Crippen molar-refractivity contribution >= 4 is 11.0 Å². The molecule has 0 aliphatic carbocycles. The van der Waals surface area contributed by atoms with Crippen molar-refractivity contribution in [1.82, 2.24) is 0 Å². The van der Waals surface area contributed by atoms with Crippen LogP contribution in [0.5, 0.6) is 0 Å². The van der Waals surface area contributed by atoms with E-state index in [9.17, 15) is 0 Å². The second-order valence-electron chi connectivity index (χ2n) is 4.71. The normalized spacial score (nSPS) is 10.3. The summed E-state index contributed by atoms with van der Waals surface area (Å²) >= 11 is 0. The summed E-state index contributed by atoms with van der Waals surface area (Å²) in [5.74, 6) is 7.10. The molecule has 0 atom stereocenters. The molecule has 1 nitrogen and oxygen atoms in total. The van der Waals surface area contributed by atoms with Crippen molar-refractivity contribution in [3.05, 3.63) is 59.9 Å².